The van der Waals surface area contributed by atoms with E-state index in [1.54, 1.807) is 7.05 Å². The minimum absolute atomic E-state index is 0.0407. The number of nitrogens with zero attached hydrogens (tertiary/aromatic N) is 1. The molecule has 17 heavy (non-hydrogen) atoms. The van der Waals surface area contributed by atoms with Gasteiger partial charge in [0.15, 0.2) is 5.96 Å². The summed E-state index contributed by atoms with van der Waals surface area (Å²) in [7, 11) is 1.65. The normalized spacial score (nSPS) is 25.8. The van der Waals surface area contributed by atoms with E-state index in [4.69, 9.17) is 0 Å². The second-order valence-electron chi connectivity index (χ2n) is 4.29. The molecule has 1 aliphatic heterocycles. The predicted molar refractivity (Wildman–Crippen MR) is 70.9 cm³/mol. The molecule has 0 aliphatic carbocycles. The van der Waals surface area contributed by atoms with Crippen LogP contribution >= 0.6 is 15.9 Å². The van der Waals surface area contributed by atoms with Crippen molar-refractivity contribution < 1.29 is 4.79 Å². The minimum atomic E-state index is -0.622. The van der Waals surface area contributed by atoms with Crippen molar-refractivity contribution in [3.05, 3.63) is 34.3 Å². The van der Waals surface area contributed by atoms with Gasteiger partial charge in [-0.2, -0.15) is 0 Å². The Hall–Kier alpha value is -1.36. The molecular weight excluding hydrogens is 282 g/mol. The van der Waals surface area contributed by atoms with Crippen molar-refractivity contribution in [2.75, 3.05) is 7.05 Å². The van der Waals surface area contributed by atoms with Gasteiger partial charge in [0.1, 0.15) is 5.54 Å². The van der Waals surface area contributed by atoms with Crippen LogP contribution in [0.25, 0.3) is 0 Å². The van der Waals surface area contributed by atoms with Crippen LogP contribution in [0.15, 0.2) is 33.7 Å². The van der Waals surface area contributed by atoms with Crippen molar-refractivity contribution in [3.63, 3.8) is 0 Å². The Labute approximate surface area is 109 Å². The molecule has 0 saturated carbocycles. The van der Waals surface area contributed by atoms with E-state index in [-0.39, 0.29) is 5.91 Å². The molecule has 5 heteroatoms. The Kier molecular flexibility index (Phi) is 3.19. The standard InChI is InChI=1S/C12H14BrN3O/c1-12(10(17)15-11(14-2)16-12)7-8-3-5-9(13)6-4-8/h3-6H,7H2,1-2H3,(H2,14,15,16,17). The molecule has 1 fully saturated rings. The second-order valence-corrected chi connectivity index (χ2v) is 5.20. The Morgan fingerprint density at radius 2 is 2.00 bits per heavy atom. The van der Waals surface area contributed by atoms with Crippen molar-refractivity contribution in [1.29, 1.82) is 0 Å². The van der Waals surface area contributed by atoms with Gasteiger partial charge in [-0.3, -0.25) is 15.1 Å². The Morgan fingerprint density at radius 1 is 1.35 bits per heavy atom. The lowest BCUT2D eigenvalue weighted by Gasteiger charge is -2.21. The van der Waals surface area contributed by atoms with Crippen LogP contribution in [-0.4, -0.2) is 24.5 Å². The number of benzene rings is 1. The zero-order valence-electron chi connectivity index (χ0n) is 9.75. The van der Waals surface area contributed by atoms with Crippen LogP contribution < -0.4 is 10.6 Å². The van der Waals surface area contributed by atoms with Crippen molar-refractivity contribution >= 4 is 27.8 Å². The first-order valence-corrected chi connectivity index (χ1v) is 6.14. The molecule has 1 aromatic carbocycles. The fourth-order valence-corrected chi connectivity index (χ4v) is 2.11. The van der Waals surface area contributed by atoms with Crippen LogP contribution in [0.2, 0.25) is 0 Å². The van der Waals surface area contributed by atoms with Gasteiger partial charge in [0.2, 0.25) is 0 Å². The summed E-state index contributed by atoms with van der Waals surface area (Å²) in [6, 6.07) is 7.96. The molecule has 1 atom stereocenters. The monoisotopic (exact) mass is 295 g/mol. The van der Waals surface area contributed by atoms with E-state index >= 15 is 0 Å². The zero-order valence-corrected chi connectivity index (χ0v) is 11.3. The SMILES string of the molecule is CN=C1NC(=O)C(C)(Cc2ccc(Br)cc2)N1. The number of rotatable bonds is 2. The summed E-state index contributed by atoms with van der Waals surface area (Å²) in [5.41, 5.74) is 0.485. The summed E-state index contributed by atoms with van der Waals surface area (Å²) in [5.74, 6) is 0.496. The van der Waals surface area contributed by atoms with E-state index in [0.717, 1.165) is 10.0 Å². The van der Waals surface area contributed by atoms with Crippen LogP contribution in [0.1, 0.15) is 12.5 Å². The fourth-order valence-electron chi connectivity index (χ4n) is 1.84. The summed E-state index contributed by atoms with van der Waals surface area (Å²) in [4.78, 5) is 15.8. The van der Waals surface area contributed by atoms with E-state index in [9.17, 15) is 4.79 Å². The Bertz CT molecular complexity index is 469. The Morgan fingerprint density at radius 3 is 2.53 bits per heavy atom. The first-order chi connectivity index (χ1) is 8.03. The number of guanidine groups is 1. The number of carbonyl (C=O) groups is 1. The lowest BCUT2D eigenvalue weighted by atomic mass is 9.93. The van der Waals surface area contributed by atoms with Gasteiger partial charge in [-0.25, -0.2) is 0 Å². The molecule has 1 unspecified atom stereocenters. The maximum Gasteiger partial charge on any atom is 0.252 e. The first-order valence-electron chi connectivity index (χ1n) is 5.34. The minimum Gasteiger partial charge on any atom is -0.342 e. The topological polar surface area (TPSA) is 53.5 Å². The van der Waals surface area contributed by atoms with E-state index in [1.165, 1.54) is 0 Å². The van der Waals surface area contributed by atoms with Crippen LogP contribution in [-0.2, 0) is 11.2 Å². The number of hydrogen-bond donors (Lipinski definition) is 2. The van der Waals surface area contributed by atoms with Crippen molar-refractivity contribution in [2.45, 2.75) is 18.9 Å². The van der Waals surface area contributed by atoms with Gasteiger partial charge < -0.3 is 5.32 Å². The highest BCUT2D eigenvalue weighted by molar-refractivity contribution is 9.10. The molecule has 2 N–H and O–H groups in total. The summed E-state index contributed by atoms with van der Waals surface area (Å²) >= 11 is 3.39. The second kappa shape index (κ2) is 4.49. The number of halogens is 1. The summed E-state index contributed by atoms with van der Waals surface area (Å²) in [6.45, 7) is 1.88. The molecule has 0 aromatic heterocycles. The van der Waals surface area contributed by atoms with Gasteiger partial charge >= 0.3 is 0 Å². The quantitative estimate of drug-likeness (QED) is 0.868. The Balaban J connectivity index is 2.18. The van der Waals surface area contributed by atoms with Crippen molar-refractivity contribution in [3.8, 4) is 0 Å². The highest BCUT2D eigenvalue weighted by Crippen LogP contribution is 2.19. The average Bonchev–Trinajstić information content (AvgIpc) is 2.58. The average molecular weight is 296 g/mol. The van der Waals surface area contributed by atoms with Crippen LogP contribution in [0, 0.1) is 0 Å². The van der Waals surface area contributed by atoms with Gasteiger partial charge in [0.05, 0.1) is 0 Å². The molecule has 1 amide bonds. The first kappa shape index (κ1) is 12.1. The lowest BCUT2D eigenvalue weighted by molar-refractivity contribution is -0.123. The molecule has 0 spiro atoms. The molecule has 2 rings (SSSR count). The molecule has 90 valence electrons. The van der Waals surface area contributed by atoms with Gasteiger partial charge in [0.25, 0.3) is 5.91 Å². The number of aliphatic imine (C=N–C) groups is 1. The summed E-state index contributed by atoms with van der Waals surface area (Å²) < 4.78 is 1.03. The highest BCUT2D eigenvalue weighted by atomic mass is 79.9. The molecule has 4 nitrogen and oxygen atoms in total. The largest absolute Gasteiger partial charge is 0.342 e. The molecule has 0 bridgehead atoms. The summed E-state index contributed by atoms with van der Waals surface area (Å²) in [6.07, 6.45) is 0.630. The molecule has 1 aromatic rings. The van der Waals surface area contributed by atoms with Gasteiger partial charge in [-0.1, -0.05) is 28.1 Å². The lowest BCUT2D eigenvalue weighted by Crippen LogP contribution is -2.45. The van der Waals surface area contributed by atoms with E-state index < -0.39 is 5.54 Å². The van der Waals surface area contributed by atoms with Crippen molar-refractivity contribution in [2.24, 2.45) is 4.99 Å². The predicted octanol–water partition coefficient (Wildman–Crippen LogP) is 1.46. The van der Waals surface area contributed by atoms with Crippen LogP contribution in [0.3, 0.4) is 0 Å². The molecule has 1 saturated heterocycles. The fraction of sp³-hybridized carbons (Fsp3) is 0.333. The van der Waals surface area contributed by atoms with Crippen molar-refractivity contribution in [1.82, 2.24) is 10.6 Å². The maximum atomic E-state index is 11.9. The molecular formula is C12H14BrN3O. The van der Waals surface area contributed by atoms with Crippen LogP contribution in [0.4, 0.5) is 0 Å². The molecule has 1 aliphatic rings. The third-order valence-corrected chi connectivity index (χ3v) is 3.35. The third-order valence-electron chi connectivity index (χ3n) is 2.82. The van der Waals surface area contributed by atoms with E-state index in [0.29, 0.717) is 12.4 Å². The van der Waals surface area contributed by atoms with Gasteiger partial charge in [-0.05, 0) is 24.6 Å². The number of carbonyl (C=O) groups excluding carboxylic acids is 1. The smallest absolute Gasteiger partial charge is 0.252 e. The highest BCUT2D eigenvalue weighted by Gasteiger charge is 2.40. The zero-order chi connectivity index (χ0) is 12.5. The van der Waals surface area contributed by atoms with Gasteiger partial charge in [0, 0.05) is 17.9 Å². The maximum absolute atomic E-state index is 11.9. The van der Waals surface area contributed by atoms with Crippen LogP contribution in [0.5, 0.6) is 0 Å². The number of nitrogens with one attached hydrogen (secondary N) is 2. The van der Waals surface area contributed by atoms with E-state index in [1.807, 2.05) is 31.2 Å². The molecule has 1 heterocycles. The number of amides is 1. The van der Waals surface area contributed by atoms with Gasteiger partial charge in [-0.15, -0.1) is 0 Å². The van der Waals surface area contributed by atoms with E-state index in [2.05, 4.69) is 31.6 Å². The summed E-state index contributed by atoms with van der Waals surface area (Å²) in [5, 5.41) is 5.82. The molecule has 0 radical (unpaired) electrons. The number of hydrogen-bond acceptors (Lipinski definition) is 2. The third kappa shape index (κ3) is 2.49.